The number of hydrogen-bond donors (Lipinski definition) is 4. The van der Waals surface area contributed by atoms with Crippen LogP contribution in [0.4, 0.5) is 10.8 Å². The maximum absolute atomic E-state index is 11.7. The zero-order valence-electron chi connectivity index (χ0n) is 13.4. The van der Waals surface area contributed by atoms with Gasteiger partial charge in [0.1, 0.15) is 0 Å². The molecule has 0 fully saturated rings. The maximum atomic E-state index is 11.7. The van der Waals surface area contributed by atoms with Crippen molar-refractivity contribution in [3.8, 4) is 0 Å². The summed E-state index contributed by atoms with van der Waals surface area (Å²) in [6, 6.07) is 7.69. The van der Waals surface area contributed by atoms with Gasteiger partial charge in [-0.15, -0.1) is 23.1 Å². The smallest absolute Gasteiger partial charge is 0.248 e. The number of nitrogens with zero attached hydrogens (tertiary/aromatic N) is 1. The number of hydrogen-bond acceptors (Lipinski definition) is 6. The van der Waals surface area contributed by atoms with Crippen LogP contribution in [-0.2, 0) is 9.59 Å². The van der Waals surface area contributed by atoms with Gasteiger partial charge in [-0.2, -0.15) is 0 Å². The predicted octanol–water partition coefficient (Wildman–Crippen LogP) is 2.14. The molecule has 1 heterocycles. The van der Waals surface area contributed by atoms with Crippen LogP contribution in [0.15, 0.2) is 35.8 Å². The SMILES string of the molecule is Cc1ccc(NC(=S)NNC(=O)CSCC(=O)Nc2nccs2)cc1. The summed E-state index contributed by atoms with van der Waals surface area (Å²) < 4.78 is 0. The number of aromatic nitrogens is 1. The molecule has 2 aromatic rings. The molecule has 0 bridgehead atoms. The molecular weight excluding hydrogens is 378 g/mol. The van der Waals surface area contributed by atoms with Gasteiger partial charge in [0.15, 0.2) is 10.2 Å². The van der Waals surface area contributed by atoms with Gasteiger partial charge in [-0.05, 0) is 31.3 Å². The lowest BCUT2D eigenvalue weighted by atomic mass is 10.2. The first kappa shape index (κ1) is 19.2. The molecule has 4 N–H and O–H groups in total. The standard InChI is InChI=1S/C15H17N5O2S3/c1-10-2-4-11(5-3-10)17-14(23)20-19-13(22)9-24-8-12(21)18-15-16-6-7-25-15/h2-7H,8-9H2,1H3,(H,19,22)(H,16,18,21)(H2,17,20,23). The molecule has 0 aliphatic heterocycles. The number of benzene rings is 1. The van der Waals surface area contributed by atoms with Crippen LogP contribution in [0.25, 0.3) is 0 Å². The summed E-state index contributed by atoms with van der Waals surface area (Å²) in [5, 5.41) is 8.20. The summed E-state index contributed by atoms with van der Waals surface area (Å²) in [5.74, 6) is -0.179. The number of carbonyl (C=O) groups is 2. The average Bonchev–Trinajstić information content (AvgIpc) is 3.08. The van der Waals surface area contributed by atoms with Crippen LogP contribution in [0.3, 0.4) is 0 Å². The van der Waals surface area contributed by atoms with Crippen LogP contribution >= 0.6 is 35.3 Å². The van der Waals surface area contributed by atoms with E-state index in [1.54, 1.807) is 11.6 Å². The quantitative estimate of drug-likeness (QED) is 0.440. The molecule has 1 aromatic carbocycles. The minimum atomic E-state index is -0.278. The summed E-state index contributed by atoms with van der Waals surface area (Å²) >= 11 is 7.63. The number of aryl methyl sites for hydroxylation is 1. The van der Waals surface area contributed by atoms with Crippen molar-refractivity contribution in [1.82, 2.24) is 15.8 Å². The van der Waals surface area contributed by atoms with Crippen molar-refractivity contribution < 1.29 is 9.59 Å². The fourth-order valence-corrected chi connectivity index (χ4v) is 2.97. The Bertz CT molecular complexity index is 719. The number of nitrogens with one attached hydrogen (secondary N) is 4. The van der Waals surface area contributed by atoms with Gasteiger partial charge < -0.3 is 10.6 Å². The van der Waals surface area contributed by atoms with Crippen LogP contribution in [0.5, 0.6) is 0 Å². The molecule has 0 aliphatic carbocycles. The molecule has 0 unspecified atom stereocenters. The summed E-state index contributed by atoms with van der Waals surface area (Å²) in [4.78, 5) is 27.3. The molecular formula is C15H17N5O2S3. The van der Waals surface area contributed by atoms with E-state index in [1.165, 1.54) is 23.1 Å². The van der Waals surface area contributed by atoms with E-state index in [1.807, 2.05) is 31.2 Å². The largest absolute Gasteiger partial charge is 0.331 e. The normalized spacial score (nSPS) is 9.96. The highest BCUT2D eigenvalue weighted by atomic mass is 32.2. The highest BCUT2D eigenvalue weighted by Crippen LogP contribution is 2.11. The third kappa shape index (κ3) is 7.50. The molecule has 0 radical (unpaired) electrons. The van der Waals surface area contributed by atoms with E-state index in [0.29, 0.717) is 5.13 Å². The Morgan fingerprint density at radius 1 is 1.12 bits per heavy atom. The van der Waals surface area contributed by atoms with Crippen LogP contribution in [0.1, 0.15) is 5.56 Å². The Kier molecular flexibility index (Phi) is 7.64. The van der Waals surface area contributed by atoms with E-state index in [9.17, 15) is 9.59 Å². The second-order valence-electron chi connectivity index (χ2n) is 4.87. The number of rotatable bonds is 6. The molecule has 2 rings (SSSR count). The number of amides is 2. The van der Waals surface area contributed by atoms with Crippen molar-refractivity contribution in [3.05, 3.63) is 41.4 Å². The van der Waals surface area contributed by atoms with E-state index in [0.717, 1.165) is 11.3 Å². The van der Waals surface area contributed by atoms with Crippen molar-refractivity contribution in [1.29, 1.82) is 0 Å². The highest BCUT2D eigenvalue weighted by molar-refractivity contribution is 8.00. The zero-order chi connectivity index (χ0) is 18.1. The highest BCUT2D eigenvalue weighted by Gasteiger charge is 2.07. The van der Waals surface area contributed by atoms with Gasteiger partial charge in [-0.25, -0.2) is 4.98 Å². The van der Waals surface area contributed by atoms with Gasteiger partial charge in [0, 0.05) is 17.3 Å². The van der Waals surface area contributed by atoms with Crippen molar-refractivity contribution in [2.75, 3.05) is 22.1 Å². The first-order valence-electron chi connectivity index (χ1n) is 7.22. The van der Waals surface area contributed by atoms with Crippen LogP contribution in [0, 0.1) is 6.92 Å². The lowest BCUT2D eigenvalue weighted by Crippen LogP contribution is -2.44. The van der Waals surface area contributed by atoms with Crippen molar-refractivity contribution in [2.45, 2.75) is 6.92 Å². The summed E-state index contributed by atoms with van der Waals surface area (Å²) in [6.45, 7) is 2.00. The first-order valence-corrected chi connectivity index (χ1v) is 9.67. The topological polar surface area (TPSA) is 95.1 Å². The van der Waals surface area contributed by atoms with Crippen LogP contribution < -0.4 is 21.5 Å². The number of thioether (sulfide) groups is 1. The number of carbonyl (C=O) groups excluding carboxylic acids is 2. The van der Waals surface area contributed by atoms with Gasteiger partial charge in [0.05, 0.1) is 11.5 Å². The Morgan fingerprint density at radius 3 is 2.52 bits per heavy atom. The molecule has 1 aromatic heterocycles. The summed E-state index contributed by atoms with van der Waals surface area (Å²) in [7, 11) is 0. The minimum Gasteiger partial charge on any atom is -0.331 e. The molecule has 0 spiro atoms. The van der Waals surface area contributed by atoms with E-state index in [2.05, 4.69) is 26.5 Å². The van der Waals surface area contributed by atoms with E-state index >= 15 is 0 Å². The second-order valence-corrected chi connectivity index (χ2v) is 7.16. The second kappa shape index (κ2) is 9.97. The van der Waals surface area contributed by atoms with Gasteiger partial charge in [-0.1, -0.05) is 17.7 Å². The van der Waals surface area contributed by atoms with Crippen LogP contribution in [-0.4, -0.2) is 33.4 Å². The third-order valence-corrected chi connectivity index (χ3v) is 4.60. The number of hydrazine groups is 1. The molecule has 132 valence electrons. The molecule has 0 saturated heterocycles. The molecule has 7 nitrogen and oxygen atoms in total. The third-order valence-electron chi connectivity index (χ3n) is 2.77. The summed E-state index contributed by atoms with van der Waals surface area (Å²) in [5.41, 5.74) is 7.07. The van der Waals surface area contributed by atoms with E-state index in [-0.39, 0.29) is 28.4 Å². The van der Waals surface area contributed by atoms with E-state index in [4.69, 9.17) is 12.2 Å². The number of thiazole rings is 1. The zero-order valence-corrected chi connectivity index (χ0v) is 15.8. The Balaban J connectivity index is 1.59. The fraction of sp³-hybridized carbons (Fsp3) is 0.200. The van der Waals surface area contributed by atoms with E-state index < -0.39 is 0 Å². The molecule has 10 heteroatoms. The van der Waals surface area contributed by atoms with Gasteiger partial charge in [0.25, 0.3) is 0 Å². The Hall–Kier alpha value is -2.17. The molecule has 25 heavy (non-hydrogen) atoms. The van der Waals surface area contributed by atoms with Crippen LogP contribution in [0.2, 0.25) is 0 Å². The van der Waals surface area contributed by atoms with Gasteiger partial charge in [-0.3, -0.25) is 20.4 Å². The fourth-order valence-electron chi connectivity index (χ4n) is 1.64. The number of anilines is 2. The van der Waals surface area contributed by atoms with Crippen molar-refractivity contribution in [3.63, 3.8) is 0 Å². The minimum absolute atomic E-state index is 0.130. The first-order chi connectivity index (χ1) is 12.0. The lowest BCUT2D eigenvalue weighted by Gasteiger charge is -2.11. The Morgan fingerprint density at radius 2 is 1.84 bits per heavy atom. The summed E-state index contributed by atoms with van der Waals surface area (Å²) in [6.07, 6.45) is 1.61. The maximum Gasteiger partial charge on any atom is 0.248 e. The average molecular weight is 396 g/mol. The Labute approximate surface area is 159 Å². The monoisotopic (exact) mass is 395 g/mol. The number of thiocarbonyl (C=S) groups is 1. The molecule has 2 amide bonds. The van der Waals surface area contributed by atoms with Crippen molar-refractivity contribution in [2.24, 2.45) is 0 Å². The lowest BCUT2D eigenvalue weighted by molar-refractivity contribution is -0.119. The van der Waals surface area contributed by atoms with Gasteiger partial charge >= 0.3 is 0 Å². The van der Waals surface area contributed by atoms with Crippen molar-refractivity contribution >= 4 is 63.1 Å². The molecule has 0 atom stereocenters. The predicted molar refractivity (Wildman–Crippen MR) is 107 cm³/mol. The molecule has 0 aliphatic rings. The van der Waals surface area contributed by atoms with Gasteiger partial charge in [0.2, 0.25) is 11.8 Å². The molecule has 0 saturated carbocycles.